The number of ether oxygens (including phenoxy) is 1. The smallest absolute Gasteiger partial charge is 0.328 e. The SMILES string of the molecule is CCOc1ccc2[nH]c(=O)n(C[C@H]3CC[C@H](C(=O)N4CCN(C(=O)C5CC5)CC4)CC3)c(=O)c2c1. The molecule has 1 aromatic heterocycles. The van der Waals surface area contributed by atoms with E-state index in [-0.39, 0.29) is 35.1 Å². The first-order valence-corrected chi connectivity index (χ1v) is 12.9. The number of nitrogens with zero attached hydrogens (tertiary/aromatic N) is 3. The number of carbonyl (C=O) groups is 2. The molecule has 2 aromatic rings. The summed E-state index contributed by atoms with van der Waals surface area (Å²) in [5, 5.41) is 0.443. The van der Waals surface area contributed by atoms with Gasteiger partial charge in [-0.3, -0.25) is 19.0 Å². The lowest BCUT2D eigenvalue weighted by atomic mass is 9.81. The highest BCUT2D eigenvalue weighted by atomic mass is 16.5. The van der Waals surface area contributed by atoms with Crippen molar-refractivity contribution in [1.29, 1.82) is 0 Å². The molecule has 3 fully saturated rings. The number of hydrogen-bond donors (Lipinski definition) is 1. The van der Waals surface area contributed by atoms with Crippen molar-refractivity contribution in [1.82, 2.24) is 19.4 Å². The monoisotopic (exact) mass is 482 g/mol. The van der Waals surface area contributed by atoms with Crippen LogP contribution in [0.2, 0.25) is 0 Å². The maximum Gasteiger partial charge on any atom is 0.328 e. The minimum absolute atomic E-state index is 0.0164. The number of aromatic nitrogens is 2. The van der Waals surface area contributed by atoms with Gasteiger partial charge < -0.3 is 19.5 Å². The minimum Gasteiger partial charge on any atom is -0.494 e. The molecule has 35 heavy (non-hydrogen) atoms. The Morgan fingerprint density at radius 3 is 2.03 bits per heavy atom. The minimum atomic E-state index is -0.400. The van der Waals surface area contributed by atoms with Crippen molar-refractivity contribution in [3.8, 4) is 5.75 Å². The maximum atomic E-state index is 13.1. The molecular weight excluding hydrogens is 448 g/mol. The van der Waals surface area contributed by atoms with Crippen molar-refractivity contribution in [3.05, 3.63) is 39.0 Å². The molecule has 2 heterocycles. The van der Waals surface area contributed by atoms with Gasteiger partial charge in [-0.25, -0.2) is 4.79 Å². The third-order valence-electron chi connectivity index (χ3n) is 7.73. The number of fused-ring (bicyclic) bond motifs is 1. The van der Waals surface area contributed by atoms with Crippen molar-refractivity contribution >= 4 is 22.7 Å². The molecule has 2 saturated carbocycles. The Balaban J connectivity index is 1.18. The standard InChI is InChI=1S/C26H34N4O5/c1-2-35-20-9-10-22-21(15-20)25(33)30(26(34)27-22)16-17-3-5-18(6-4-17)23(31)28-11-13-29(14-12-28)24(32)19-7-8-19/h9-10,15,17-19H,2-8,11-14,16H2,1H3,(H,27,34)/t17-,18-. The number of hydrogen-bond acceptors (Lipinski definition) is 5. The van der Waals surface area contributed by atoms with E-state index in [1.807, 2.05) is 16.7 Å². The highest BCUT2D eigenvalue weighted by Gasteiger charge is 2.36. The molecule has 1 aromatic carbocycles. The summed E-state index contributed by atoms with van der Waals surface area (Å²) in [6.07, 6.45) is 5.15. The lowest BCUT2D eigenvalue weighted by Gasteiger charge is -2.38. The van der Waals surface area contributed by atoms with Crippen LogP contribution in [0, 0.1) is 17.8 Å². The Kier molecular flexibility index (Phi) is 6.67. The largest absolute Gasteiger partial charge is 0.494 e. The van der Waals surface area contributed by atoms with Crippen LogP contribution in [-0.4, -0.2) is 64.0 Å². The summed E-state index contributed by atoms with van der Waals surface area (Å²) in [4.78, 5) is 57.7. The lowest BCUT2D eigenvalue weighted by Crippen LogP contribution is -2.52. The fourth-order valence-corrected chi connectivity index (χ4v) is 5.50. The molecule has 1 saturated heterocycles. The highest BCUT2D eigenvalue weighted by molar-refractivity contribution is 5.82. The average Bonchev–Trinajstić information content (AvgIpc) is 3.72. The number of H-pyrrole nitrogens is 1. The van der Waals surface area contributed by atoms with E-state index in [9.17, 15) is 19.2 Å². The Morgan fingerprint density at radius 2 is 1.49 bits per heavy atom. The molecule has 5 rings (SSSR count). The molecule has 9 heteroatoms. The predicted octanol–water partition coefficient (Wildman–Crippen LogP) is 1.98. The van der Waals surface area contributed by atoms with Crippen molar-refractivity contribution in [2.24, 2.45) is 17.8 Å². The second-order valence-corrected chi connectivity index (χ2v) is 10.1. The Morgan fingerprint density at radius 1 is 0.914 bits per heavy atom. The first-order valence-electron chi connectivity index (χ1n) is 12.9. The van der Waals surface area contributed by atoms with Gasteiger partial charge in [0.1, 0.15) is 5.75 Å². The van der Waals surface area contributed by atoms with E-state index in [2.05, 4.69) is 4.98 Å². The second-order valence-electron chi connectivity index (χ2n) is 10.1. The number of aromatic amines is 1. The zero-order chi connectivity index (χ0) is 24.5. The molecule has 0 bridgehead atoms. The fraction of sp³-hybridized carbons (Fsp3) is 0.615. The zero-order valence-electron chi connectivity index (χ0n) is 20.3. The Bertz CT molecular complexity index is 1210. The van der Waals surface area contributed by atoms with Crippen molar-refractivity contribution < 1.29 is 14.3 Å². The normalized spacial score (nSPS) is 22.9. The van der Waals surface area contributed by atoms with Crippen LogP contribution in [0.5, 0.6) is 5.75 Å². The molecule has 0 unspecified atom stereocenters. The third kappa shape index (κ3) is 4.99. The highest BCUT2D eigenvalue weighted by Crippen LogP contribution is 2.33. The van der Waals surface area contributed by atoms with Crippen LogP contribution in [0.3, 0.4) is 0 Å². The van der Waals surface area contributed by atoms with Crippen molar-refractivity contribution in [2.45, 2.75) is 52.0 Å². The van der Waals surface area contributed by atoms with Gasteiger partial charge in [0.2, 0.25) is 11.8 Å². The van der Waals surface area contributed by atoms with Gasteiger partial charge >= 0.3 is 5.69 Å². The van der Waals surface area contributed by atoms with Gasteiger partial charge in [0.05, 0.1) is 17.5 Å². The van der Waals surface area contributed by atoms with Gasteiger partial charge in [0.25, 0.3) is 5.56 Å². The van der Waals surface area contributed by atoms with Crippen LogP contribution in [0.25, 0.3) is 10.9 Å². The van der Waals surface area contributed by atoms with Crippen LogP contribution >= 0.6 is 0 Å². The summed E-state index contributed by atoms with van der Waals surface area (Å²) in [5.74, 6) is 1.43. The van der Waals surface area contributed by atoms with Gasteiger partial charge in [0, 0.05) is 44.6 Å². The number of benzene rings is 1. The molecular formula is C26H34N4O5. The van der Waals surface area contributed by atoms with Gasteiger partial charge in [-0.2, -0.15) is 0 Å². The summed E-state index contributed by atoms with van der Waals surface area (Å²) < 4.78 is 6.80. The quantitative estimate of drug-likeness (QED) is 0.678. The molecule has 9 nitrogen and oxygen atoms in total. The van der Waals surface area contributed by atoms with E-state index in [4.69, 9.17) is 4.74 Å². The molecule has 1 aliphatic heterocycles. The van der Waals surface area contributed by atoms with E-state index < -0.39 is 5.69 Å². The molecule has 0 atom stereocenters. The molecule has 2 aliphatic carbocycles. The van der Waals surface area contributed by atoms with Gasteiger partial charge in [0.15, 0.2) is 0 Å². The number of nitrogens with one attached hydrogen (secondary N) is 1. The summed E-state index contributed by atoms with van der Waals surface area (Å²) in [7, 11) is 0. The molecule has 0 spiro atoms. The van der Waals surface area contributed by atoms with Crippen LogP contribution < -0.4 is 16.0 Å². The lowest BCUT2D eigenvalue weighted by molar-refractivity contribution is -0.143. The summed E-state index contributed by atoms with van der Waals surface area (Å²) in [6, 6.07) is 5.13. The van der Waals surface area contributed by atoms with Crippen molar-refractivity contribution in [3.63, 3.8) is 0 Å². The van der Waals surface area contributed by atoms with E-state index in [1.165, 1.54) is 4.57 Å². The van der Waals surface area contributed by atoms with Crippen LogP contribution in [0.4, 0.5) is 0 Å². The molecule has 0 radical (unpaired) electrons. The number of piperazine rings is 1. The van der Waals surface area contributed by atoms with Crippen LogP contribution in [0.1, 0.15) is 45.4 Å². The van der Waals surface area contributed by atoms with E-state index in [0.29, 0.717) is 56.0 Å². The molecule has 2 amide bonds. The van der Waals surface area contributed by atoms with E-state index >= 15 is 0 Å². The topological polar surface area (TPSA) is 105 Å². The predicted molar refractivity (Wildman–Crippen MR) is 131 cm³/mol. The zero-order valence-corrected chi connectivity index (χ0v) is 20.3. The summed E-state index contributed by atoms with van der Waals surface area (Å²) >= 11 is 0. The summed E-state index contributed by atoms with van der Waals surface area (Å²) in [5.41, 5.74) is -0.196. The Labute approximate surface area is 204 Å². The number of rotatable bonds is 6. The summed E-state index contributed by atoms with van der Waals surface area (Å²) in [6.45, 7) is 5.23. The van der Waals surface area contributed by atoms with Crippen molar-refractivity contribution in [2.75, 3.05) is 32.8 Å². The fourth-order valence-electron chi connectivity index (χ4n) is 5.50. The number of carbonyl (C=O) groups excluding carboxylic acids is 2. The van der Waals surface area contributed by atoms with Crippen LogP contribution in [-0.2, 0) is 16.1 Å². The van der Waals surface area contributed by atoms with Gasteiger partial charge in [-0.05, 0) is 69.6 Å². The molecule has 1 N–H and O–H groups in total. The van der Waals surface area contributed by atoms with Gasteiger partial charge in [-0.15, -0.1) is 0 Å². The van der Waals surface area contributed by atoms with E-state index in [1.54, 1.807) is 18.2 Å². The maximum absolute atomic E-state index is 13.1. The molecule has 188 valence electrons. The number of amides is 2. The first kappa shape index (κ1) is 23.6. The third-order valence-corrected chi connectivity index (χ3v) is 7.73. The Hall–Kier alpha value is -3.10. The second kappa shape index (κ2) is 9.87. The van der Waals surface area contributed by atoms with Crippen LogP contribution in [0.15, 0.2) is 27.8 Å². The van der Waals surface area contributed by atoms with Gasteiger partial charge in [-0.1, -0.05) is 0 Å². The van der Waals surface area contributed by atoms with E-state index in [0.717, 1.165) is 38.5 Å². The first-order chi connectivity index (χ1) is 16.9. The average molecular weight is 483 g/mol. The molecule has 3 aliphatic rings.